The molecule has 2 N–H and O–H groups in total. The highest BCUT2D eigenvalue weighted by Gasteiger charge is 2.43. The standard InChI is InChI=1S/C27H28N2O4/c1-15-5-8-18(9-6-15)29-26(31)23-16(2)28-19-12-27(3,4)13-20(30)25(19)24(23)17-7-10-21-22(11-17)33-14-32-21/h5-11,24,28H,12-14H2,1-4H3,(H,29,31)/t24-/m0/s1. The van der Waals surface area contributed by atoms with Crippen molar-refractivity contribution in [2.24, 2.45) is 5.41 Å². The van der Waals surface area contributed by atoms with Crippen molar-refractivity contribution < 1.29 is 19.1 Å². The molecule has 0 aromatic heterocycles. The molecular weight excluding hydrogens is 416 g/mol. The van der Waals surface area contributed by atoms with Gasteiger partial charge >= 0.3 is 0 Å². The van der Waals surface area contributed by atoms with Crippen molar-refractivity contribution >= 4 is 17.4 Å². The Bertz CT molecular complexity index is 1220. The van der Waals surface area contributed by atoms with Gasteiger partial charge in [-0.2, -0.15) is 0 Å². The fraction of sp³-hybridized carbons (Fsp3) is 0.333. The van der Waals surface area contributed by atoms with Gasteiger partial charge in [0.15, 0.2) is 17.3 Å². The van der Waals surface area contributed by atoms with Gasteiger partial charge in [0.25, 0.3) is 5.91 Å². The molecule has 5 rings (SSSR count). The minimum absolute atomic E-state index is 0.0737. The number of nitrogens with one attached hydrogen (secondary N) is 2. The van der Waals surface area contributed by atoms with E-state index in [-0.39, 0.29) is 23.9 Å². The summed E-state index contributed by atoms with van der Waals surface area (Å²) < 4.78 is 11.1. The SMILES string of the molecule is CC1=C(C(=O)Nc2ccc(C)cc2)[C@H](c2ccc3c(c2)OCO3)C2=C(CC(C)(C)CC2=O)N1. The zero-order valence-corrected chi connectivity index (χ0v) is 19.4. The van der Waals surface area contributed by atoms with Gasteiger partial charge in [0, 0.05) is 40.6 Å². The molecule has 2 aliphatic heterocycles. The van der Waals surface area contributed by atoms with Crippen molar-refractivity contribution in [1.29, 1.82) is 0 Å². The minimum Gasteiger partial charge on any atom is -0.454 e. The number of aryl methyl sites for hydroxylation is 1. The second-order valence-electron chi connectivity index (χ2n) is 9.86. The molecule has 1 aliphatic carbocycles. The number of ketones is 1. The third-order valence-corrected chi connectivity index (χ3v) is 6.52. The first-order chi connectivity index (χ1) is 15.7. The second-order valence-corrected chi connectivity index (χ2v) is 9.86. The van der Waals surface area contributed by atoms with Crippen LogP contribution < -0.4 is 20.1 Å². The Hall–Kier alpha value is -3.54. The van der Waals surface area contributed by atoms with Gasteiger partial charge in [0.1, 0.15) is 0 Å². The number of amides is 1. The van der Waals surface area contributed by atoms with Gasteiger partial charge in [0.05, 0.1) is 0 Å². The van der Waals surface area contributed by atoms with E-state index in [1.807, 2.05) is 56.3 Å². The Labute approximate surface area is 193 Å². The molecule has 0 unspecified atom stereocenters. The van der Waals surface area contributed by atoms with Crippen molar-refractivity contribution in [2.45, 2.75) is 46.5 Å². The number of dihydropyridines is 1. The normalized spacial score (nSPS) is 21.0. The molecule has 2 heterocycles. The average Bonchev–Trinajstić information content (AvgIpc) is 3.21. The number of benzene rings is 2. The van der Waals surface area contributed by atoms with Gasteiger partial charge in [0.2, 0.25) is 6.79 Å². The first kappa shape index (κ1) is 21.3. The molecule has 0 bridgehead atoms. The quantitative estimate of drug-likeness (QED) is 0.699. The van der Waals surface area contributed by atoms with Crippen LogP contribution in [0.1, 0.15) is 50.7 Å². The molecule has 170 valence electrons. The summed E-state index contributed by atoms with van der Waals surface area (Å²) in [4.78, 5) is 27.0. The lowest BCUT2D eigenvalue weighted by molar-refractivity contribution is -0.118. The molecule has 6 nitrogen and oxygen atoms in total. The number of carbonyl (C=O) groups is 2. The van der Waals surface area contributed by atoms with Crippen molar-refractivity contribution in [1.82, 2.24) is 5.32 Å². The Kier molecular flexibility index (Phi) is 5.04. The summed E-state index contributed by atoms with van der Waals surface area (Å²) in [7, 11) is 0. The van der Waals surface area contributed by atoms with E-state index in [0.717, 1.165) is 28.9 Å². The molecule has 0 fully saturated rings. The summed E-state index contributed by atoms with van der Waals surface area (Å²) in [5.74, 6) is 0.669. The highest BCUT2D eigenvalue weighted by Crippen LogP contribution is 2.48. The van der Waals surface area contributed by atoms with E-state index < -0.39 is 5.92 Å². The maximum Gasteiger partial charge on any atom is 0.254 e. The molecule has 0 radical (unpaired) electrons. The van der Waals surface area contributed by atoms with Gasteiger partial charge < -0.3 is 20.1 Å². The third kappa shape index (κ3) is 3.90. The van der Waals surface area contributed by atoms with E-state index in [4.69, 9.17) is 9.47 Å². The van der Waals surface area contributed by atoms with Crippen molar-refractivity contribution in [3.8, 4) is 11.5 Å². The number of rotatable bonds is 3. The fourth-order valence-corrected chi connectivity index (χ4v) is 5.00. The topological polar surface area (TPSA) is 76.7 Å². The van der Waals surface area contributed by atoms with Gasteiger partial charge in [-0.1, -0.05) is 37.6 Å². The molecule has 2 aromatic rings. The molecule has 1 atom stereocenters. The van der Waals surface area contributed by atoms with Crippen LogP contribution in [0.25, 0.3) is 0 Å². The van der Waals surface area contributed by atoms with Gasteiger partial charge in [-0.25, -0.2) is 0 Å². The lowest BCUT2D eigenvalue weighted by atomic mass is 9.68. The Morgan fingerprint density at radius 1 is 1.03 bits per heavy atom. The summed E-state index contributed by atoms with van der Waals surface area (Å²) in [6, 6.07) is 13.3. The first-order valence-electron chi connectivity index (χ1n) is 11.2. The number of hydrogen-bond donors (Lipinski definition) is 2. The van der Waals surface area contributed by atoms with Crippen molar-refractivity contribution in [3.05, 3.63) is 76.1 Å². The van der Waals surface area contributed by atoms with Crippen LogP contribution >= 0.6 is 0 Å². The summed E-state index contributed by atoms with van der Waals surface area (Å²) >= 11 is 0. The molecular formula is C27H28N2O4. The van der Waals surface area contributed by atoms with Gasteiger partial charge in [-0.05, 0) is 55.5 Å². The third-order valence-electron chi connectivity index (χ3n) is 6.52. The van der Waals surface area contributed by atoms with Crippen LogP contribution in [-0.2, 0) is 9.59 Å². The van der Waals surface area contributed by atoms with E-state index >= 15 is 0 Å². The number of allylic oxidation sites excluding steroid dienone is 3. The minimum atomic E-state index is -0.482. The Morgan fingerprint density at radius 2 is 1.76 bits per heavy atom. The Balaban J connectivity index is 1.60. The number of fused-ring (bicyclic) bond motifs is 1. The second kappa shape index (κ2) is 7.80. The van der Waals surface area contributed by atoms with Crippen LogP contribution in [0.2, 0.25) is 0 Å². The van der Waals surface area contributed by atoms with Crippen LogP contribution in [0, 0.1) is 12.3 Å². The van der Waals surface area contributed by atoms with Crippen LogP contribution in [0.4, 0.5) is 5.69 Å². The van der Waals surface area contributed by atoms with Crippen LogP contribution in [0.5, 0.6) is 11.5 Å². The molecule has 0 saturated heterocycles. The van der Waals surface area contributed by atoms with Crippen molar-refractivity contribution in [3.63, 3.8) is 0 Å². The largest absolute Gasteiger partial charge is 0.454 e. The van der Waals surface area contributed by atoms with E-state index in [0.29, 0.717) is 34.8 Å². The van der Waals surface area contributed by atoms with E-state index in [9.17, 15) is 9.59 Å². The van der Waals surface area contributed by atoms with Crippen LogP contribution in [0.3, 0.4) is 0 Å². The number of Topliss-reactive ketones (excluding diaryl/α,β-unsaturated/α-hetero) is 1. The molecule has 2 aromatic carbocycles. The molecule has 0 spiro atoms. The molecule has 6 heteroatoms. The number of ether oxygens (including phenoxy) is 2. The Morgan fingerprint density at radius 3 is 2.52 bits per heavy atom. The smallest absolute Gasteiger partial charge is 0.254 e. The zero-order valence-electron chi connectivity index (χ0n) is 19.4. The fourth-order valence-electron chi connectivity index (χ4n) is 5.00. The maximum absolute atomic E-state index is 13.6. The maximum atomic E-state index is 13.6. The molecule has 3 aliphatic rings. The van der Waals surface area contributed by atoms with Crippen LogP contribution in [-0.4, -0.2) is 18.5 Å². The van der Waals surface area contributed by atoms with Crippen molar-refractivity contribution in [2.75, 3.05) is 12.1 Å². The summed E-state index contributed by atoms with van der Waals surface area (Å²) in [5, 5.41) is 6.43. The monoisotopic (exact) mass is 444 g/mol. The predicted molar refractivity (Wildman–Crippen MR) is 126 cm³/mol. The first-order valence-corrected chi connectivity index (χ1v) is 11.2. The molecule has 33 heavy (non-hydrogen) atoms. The lowest BCUT2D eigenvalue weighted by Gasteiger charge is -2.39. The highest BCUT2D eigenvalue weighted by molar-refractivity contribution is 6.10. The van der Waals surface area contributed by atoms with Crippen LogP contribution in [0.15, 0.2) is 65.0 Å². The summed E-state index contributed by atoms with van der Waals surface area (Å²) in [5.41, 5.74) is 5.42. The molecule has 0 saturated carbocycles. The van der Waals surface area contributed by atoms with E-state index in [1.54, 1.807) is 0 Å². The van der Waals surface area contributed by atoms with E-state index in [2.05, 4.69) is 24.5 Å². The van der Waals surface area contributed by atoms with Gasteiger partial charge in [-0.15, -0.1) is 0 Å². The number of hydrogen-bond acceptors (Lipinski definition) is 5. The lowest BCUT2D eigenvalue weighted by Crippen LogP contribution is -2.39. The highest BCUT2D eigenvalue weighted by atomic mass is 16.7. The summed E-state index contributed by atoms with van der Waals surface area (Å²) in [6.45, 7) is 8.28. The number of anilines is 1. The number of carbonyl (C=O) groups excluding carboxylic acids is 2. The molecule has 1 amide bonds. The zero-order chi connectivity index (χ0) is 23.3. The summed E-state index contributed by atoms with van der Waals surface area (Å²) in [6.07, 6.45) is 1.19. The predicted octanol–water partition coefficient (Wildman–Crippen LogP) is 4.97. The van der Waals surface area contributed by atoms with E-state index in [1.165, 1.54) is 0 Å². The average molecular weight is 445 g/mol. The van der Waals surface area contributed by atoms with Gasteiger partial charge in [-0.3, -0.25) is 9.59 Å².